The molecule has 13 atom stereocenters. The molecule has 2 unspecified atom stereocenters. The first-order chi connectivity index (χ1) is 48.1. The van der Waals surface area contributed by atoms with Crippen LogP contribution >= 0.6 is 0 Å². The normalized spacial score (nSPS) is 25.6. The van der Waals surface area contributed by atoms with E-state index in [4.69, 9.17) is 52.1 Å². The molecule has 31 heteroatoms. The van der Waals surface area contributed by atoms with Gasteiger partial charge in [0.2, 0.25) is 12.6 Å². The summed E-state index contributed by atoms with van der Waals surface area (Å²) in [6.07, 6.45) is -18.1. The van der Waals surface area contributed by atoms with Crippen LogP contribution in [0, 0.1) is 5.41 Å². The number of hydrogen-bond acceptors (Lipinski definition) is 26. The Kier molecular flexibility index (Phi) is 23.8. The number of aliphatic hydroxyl groups is 9. The van der Waals surface area contributed by atoms with Gasteiger partial charge >= 0.3 is 12.2 Å². The number of carbonyl (C=O) groups is 6. The van der Waals surface area contributed by atoms with Gasteiger partial charge in [-0.25, -0.2) is 19.4 Å². The molecule has 4 aromatic carbocycles. The number of amides is 5. The van der Waals surface area contributed by atoms with Crippen molar-refractivity contribution in [1.82, 2.24) is 15.1 Å². The van der Waals surface area contributed by atoms with E-state index in [2.05, 4.69) is 18.5 Å². The molecule has 0 saturated carbocycles. The summed E-state index contributed by atoms with van der Waals surface area (Å²) in [5.74, 6) is -1.80. The Labute approximate surface area is 581 Å². The minimum absolute atomic E-state index is 0.00324. The van der Waals surface area contributed by atoms with Gasteiger partial charge in [0.1, 0.15) is 67.4 Å². The number of rotatable bonds is 25. The summed E-state index contributed by atoms with van der Waals surface area (Å²) in [4.78, 5) is 90.0. The molecule has 4 fully saturated rings. The molecule has 0 bridgehead atoms. The Bertz CT molecular complexity index is 3750. The molecular weight excluding hydrogens is 1330 g/mol. The van der Waals surface area contributed by atoms with E-state index < -0.39 is 135 Å². The van der Waals surface area contributed by atoms with Crippen molar-refractivity contribution in [3.05, 3.63) is 118 Å². The van der Waals surface area contributed by atoms with Crippen molar-refractivity contribution in [2.75, 3.05) is 83.8 Å². The molecule has 10 rings (SSSR count). The number of benzene rings is 4. The number of fused-ring (bicyclic) bond motifs is 4. The van der Waals surface area contributed by atoms with Crippen LogP contribution in [0.1, 0.15) is 112 Å². The third kappa shape index (κ3) is 16.5. The van der Waals surface area contributed by atoms with E-state index in [0.717, 1.165) is 9.80 Å². The third-order valence-corrected chi connectivity index (χ3v) is 18.0. The van der Waals surface area contributed by atoms with Crippen molar-refractivity contribution in [1.29, 1.82) is 0 Å². The summed E-state index contributed by atoms with van der Waals surface area (Å²) < 4.78 is 63.5. The number of nitrogens with zero attached hydrogens (tertiary/aromatic N) is 4. The van der Waals surface area contributed by atoms with Crippen molar-refractivity contribution in [3.63, 3.8) is 0 Å². The second-order valence-electron chi connectivity index (χ2n) is 26.6. The Balaban J connectivity index is 0.821. The van der Waals surface area contributed by atoms with Gasteiger partial charge in [0.25, 0.3) is 17.7 Å². The van der Waals surface area contributed by atoms with Gasteiger partial charge in [0.05, 0.1) is 93.0 Å². The molecule has 0 radical (unpaired) electrons. The number of unbranched alkanes of at least 4 members (excludes halogenated alkanes) is 2. The molecule has 31 nitrogen and oxygen atoms in total. The number of ketones is 1. The highest BCUT2D eigenvalue weighted by Gasteiger charge is 2.50. The Morgan fingerprint density at radius 1 is 0.594 bits per heavy atom. The molecule has 4 aromatic rings. The molecule has 548 valence electrons. The van der Waals surface area contributed by atoms with Crippen LogP contribution in [0.25, 0.3) is 0 Å². The van der Waals surface area contributed by atoms with Gasteiger partial charge in [0.15, 0.2) is 41.2 Å². The molecule has 6 aliphatic rings. The SMILES string of the molecule is C=C1C[C@H]2C(O)N(C(=O)OCc3ccc(O[C@@H]4OC[C@@H](O)[C@H](O)[C@H]4O)c(C(=O)CC(C)(C)C)c3)c3cc(OCCCCCOc4cc5c(cc4OC)C(=O)N4CC(=C)C[C@H]4C(O)N5C(=O)OCc4ccc(O[C@@H]5O[C@H](CO)[C@@H](O)[C@H](O)[C@H]5O)c(C(=O)NCCOC)c4)c(OC)cc3C(=O)N2C1. The summed E-state index contributed by atoms with van der Waals surface area (Å²) in [6, 6.07) is 12.2. The summed E-state index contributed by atoms with van der Waals surface area (Å²) in [6.45, 7) is 12.2. The van der Waals surface area contributed by atoms with Gasteiger partial charge in [0, 0.05) is 45.3 Å². The predicted molar refractivity (Wildman–Crippen MR) is 354 cm³/mol. The minimum atomic E-state index is -1.81. The lowest BCUT2D eigenvalue weighted by molar-refractivity contribution is -0.277. The van der Waals surface area contributed by atoms with Crippen molar-refractivity contribution < 1.29 is 127 Å². The lowest BCUT2D eigenvalue weighted by Gasteiger charge is -2.39. The van der Waals surface area contributed by atoms with Crippen molar-refractivity contribution in [2.24, 2.45) is 5.41 Å². The molecule has 5 amide bonds. The van der Waals surface area contributed by atoms with Gasteiger partial charge in [-0.15, -0.1) is 0 Å². The van der Waals surface area contributed by atoms with Crippen molar-refractivity contribution in [2.45, 2.75) is 152 Å². The molecule has 0 aliphatic carbocycles. The van der Waals surface area contributed by atoms with Crippen LogP contribution in [0.15, 0.2) is 85.0 Å². The molecule has 6 heterocycles. The zero-order valence-corrected chi connectivity index (χ0v) is 56.8. The first-order valence-corrected chi connectivity index (χ1v) is 32.9. The first-order valence-electron chi connectivity index (χ1n) is 32.9. The van der Waals surface area contributed by atoms with Crippen LogP contribution in [0.3, 0.4) is 0 Å². The zero-order chi connectivity index (χ0) is 72.9. The fraction of sp³-hybridized carbons (Fsp3) is 0.514. The number of Topliss-reactive ketones (excluding diaryl/α,β-unsaturated/α-hetero) is 1. The summed E-state index contributed by atoms with van der Waals surface area (Å²) in [5.41, 5.74) is 1.09. The Morgan fingerprint density at radius 3 is 1.58 bits per heavy atom. The number of aliphatic hydroxyl groups excluding tert-OH is 9. The molecule has 0 spiro atoms. The van der Waals surface area contributed by atoms with Crippen LogP contribution in [0.4, 0.5) is 21.0 Å². The fourth-order valence-corrected chi connectivity index (χ4v) is 12.7. The second kappa shape index (κ2) is 32.1. The standard InChI is InChI=1S/C70H87N5O26/c1-35-20-45-64(87)74(68(89)97-32-37-12-14-49(41(22-37)47(77)28-70(3,4)5)99-66-59(82)56(79)48(78)34-96-66)43-26-53(51(92-7)24-39(43)62(85)72(45)29-35)94-17-10-9-11-18-95-54-27-44-40(25-52(54)93-8)63(86)73-30-36(2)21-46(73)65(88)75(44)69(90)98-33-38-13-15-50(42(23-38)61(84)71-16-19-91-6)100-67-60(83)58(81)57(80)55(31-76)101-67/h12-15,22-27,45-46,48,55-60,64-67,76,78-83,87-88H,1-2,9-11,16-21,28-34H2,3-8H3,(H,71,84)/t45-,46-,48+,55+,56-,57+,58-,59+,60+,64?,65?,66-,67+/m0/s1. The highest BCUT2D eigenvalue weighted by atomic mass is 16.7. The molecule has 0 aromatic heterocycles. The topological polar surface area (TPSA) is 411 Å². The lowest BCUT2D eigenvalue weighted by atomic mass is 9.87. The zero-order valence-electron chi connectivity index (χ0n) is 56.8. The molecular formula is C70H87N5O26. The molecule has 6 aliphatic heterocycles. The van der Waals surface area contributed by atoms with E-state index in [-0.39, 0.29) is 145 Å². The maximum absolute atomic E-state index is 14.5. The van der Waals surface area contributed by atoms with E-state index in [9.17, 15) is 74.7 Å². The average Bonchev–Trinajstić information content (AvgIpc) is 1.62. The Morgan fingerprint density at radius 2 is 1.09 bits per heavy atom. The van der Waals surface area contributed by atoms with Gasteiger partial charge in [-0.3, -0.25) is 19.2 Å². The first kappa shape index (κ1) is 75.0. The Hall–Kier alpha value is -8.70. The summed E-state index contributed by atoms with van der Waals surface area (Å²) in [5, 5.41) is 99.0. The molecule has 4 saturated heterocycles. The molecule has 10 N–H and O–H groups in total. The van der Waals surface area contributed by atoms with Crippen LogP contribution in [-0.2, 0) is 36.9 Å². The van der Waals surface area contributed by atoms with E-state index in [1.54, 1.807) is 0 Å². The maximum Gasteiger partial charge on any atom is 0.416 e. The van der Waals surface area contributed by atoms with Crippen LogP contribution in [0.2, 0.25) is 0 Å². The smallest absolute Gasteiger partial charge is 0.416 e. The second-order valence-corrected chi connectivity index (χ2v) is 26.6. The maximum atomic E-state index is 14.5. The van der Waals surface area contributed by atoms with Gasteiger partial charge in [-0.2, -0.15) is 0 Å². The van der Waals surface area contributed by atoms with Crippen LogP contribution in [0.5, 0.6) is 34.5 Å². The highest BCUT2D eigenvalue weighted by molar-refractivity contribution is 6.07. The minimum Gasteiger partial charge on any atom is -0.493 e. The third-order valence-electron chi connectivity index (χ3n) is 18.0. The number of carbonyl (C=O) groups excluding carboxylic acids is 6. The number of nitrogens with one attached hydrogen (secondary N) is 1. The number of anilines is 2. The molecule has 101 heavy (non-hydrogen) atoms. The summed E-state index contributed by atoms with van der Waals surface area (Å²) >= 11 is 0. The van der Waals surface area contributed by atoms with Crippen LogP contribution in [-0.4, -0.2) is 245 Å². The monoisotopic (exact) mass is 1410 g/mol. The highest BCUT2D eigenvalue weighted by Crippen LogP contribution is 2.45. The van der Waals surface area contributed by atoms with E-state index in [1.165, 1.54) is 91.8 Å². The van der Waals surface area contributed by atoms with Crippen molar-refractivity contribution in [3.8, 4) is 34.5 Å². The summed E-state index contributed by atoms with van der Waals surface area (Å²) in [7, 11) is 4.18. The number of hydrogen-bond donors (Lipinski definition) is 10. The van der Waals surface area contributed by atoms with E-state index in [0.29, 0.717) is 36.0 Å². The number of methoxy groups -OCH3 is 3. The number of ether oxygens (including phenoxy) is 11. The fourth-order valence-electron chi connectivity index (χ4n) is 12.7. The predicted octanol–water partition coefficient (Wildman–Crippen LogP) is 2.82. The van der Waals surface area contributed by atoms with Gasteiger partial charge in [-0.1, -0.05) is 57.2 Å². The van der Waals surface area contributed by atoms with E-state index >= 15 is 0 Å². The quantitative estimate of drug-likeness (QED) is 0.0259. The van der Waals surface area contributed by atoms with Gasteiger partial charge in [-0.05, 0) is 85.0 Å². The average molecular weight is 1410 g/mol. The largest absolute Gasteiger partial charge is 0.493 e. The van der Waals surface area contributed by atoms with Crippen LogP contribution < -0.4 is 43.5 Å². The van der Waals surface area contributed by atoms with E-state index in [1.807, 2.05) is 20.8 Å². The lowest BCUT2D eigenvalue weighted by Crippen LogP contribution is -2.60. The van der Waals surface area contributed by atoms with Crippen molar-refractivity contribution >= 4 is 47.1 Å². The van der Waals surface area contributed by atoms with Gasteiger partial charge < -0.3 is 113 Å².